The fraction of sp³-hybridized carbons (Fsp3) is 0.600. The molecule has 1 saturated heterocycles. The van der Waals surface area contributed by atoms with Gasteiger partial charge in [-0.15, -0.1) is 0 Å². The van der Waals surface area contributed by atoms with Crippen molar-refractivity contribution in [2.75, 3.05) is 25.6 Å². The van der Waals surface area contributed by atoms with Crippen LogP contribution in [0.5, 0.6) is 0 Å². The molecule has 0 spiro atoms. The molecule has 1 fully saturated rings. The Morgan fingerprint density at radius 2 is 2.23 bits per heavy atom. The summed E-state index contributed by atoms with van der Waals surface area (Å²) < 4.78 is 39.5. The number of hydrogen-bond donors (Lipinski definition) is 2. The molecule has 5 atom stereocenters. The molecular formula is C15H23N4O9PSi. The van der Waals surface area contributed by atoms with Crippen molar-refractivity contribution in [2.45, 2.75) is 37.9 Å². The number of rotatable bonds is 10. The highest BCUT2D eigenvalue weighted by molar-refractivity contribution is 7.47. The lowest BCUT2D eigenvalue weighted by atomic mass is 10.1. The molecule has 2 N–H and O–H groups in total. The van der Waals surface area contributed by atoms with Crippen molar-refractivity contribution >= 4 is 30.0 Å². The van der Waals surface area contributed by atoms with Gasteiger partial charge in [-0.25, -0.2) is 9.36 Å². The van der Waals surface area contributed by atoms with Gasteiger partial charge < -0.3 is 24.1 Å². The number of phosphoric ester groups is 1. The van der Waals surface area contributed by atoms with E-state index in [2.05, 4.69) is 14.8 Å². The van der Waals surface area contributed by atoms with Crippen LogP contribution in [0.4, 0.5) is 5.82 Å². The largest absolute Gasteiger partial charge is 0.472 e. The van der Waals surface area contributed by atoms with E-state index in [1.807, 2.05) is 0 Å². The SMILES string of the molecule is COC1[C@@H](COP(=O)(O)OCCC#N)O[C@@H](n2ccc(NC(C)=O)nc2=O)[C@H]1O[SiH3]. The summed E-state index contributed by atoms with van der Waals surface area (Å²) in [5, 5.41) is 10.9. The zero-order valence-corrected chi connectivity index (χ0v) is 19.5. The molecule has 1 aromatic heterocycles. The normalized spacial score (nSPS) is 25.5. The van der Waals surface area contributed by atoms with Crippen LogP contribution in [0.2, 0.25) is 0 Å². The van der Waals surface area contributed by atoms with Gasteiger partial charge in [0, 0.05) is 20.2 Å². The van der Waals surface area contributed by atoms with Crippen LogP contribution in [0.3, 0.4) is 0 Å². The Balaban J connectivity index is 2.15. The number of nitrogens with one attached hydrogen (secondary N) is 1. The molecule has 166 valence electrons. The van der Waals surface area contributed by atoms with E-state index in [-0.39, 0.29) is 31.4 Å². The highest BCUT2D eigenvalue weighted by Crippen LogP contribution is 2.44. The van der Waals surface area contributed by atoms with Crippen molar-refractivity contribution in [3.8, 4) is 6.07 Å². The Kier molecular flexibility index (Phi) is 8.83. The minimum absolute atomic E-state index is 0.0720. The summed E-state index contributed by atoms with van der Waals surface area (Å²) in [6, 6.07) is 3.20. The molecule has 2 heterocycles. The van der Waals surface area contributed by atoms with Crippen LogP contribution in [0, 0.1) is 11.3 Å². The van der Waals surface area contributed by atoms with Gasteiger partial charge in [0.05, 0.1) is 25.7 Å². The zero-order valence-electron chi connectivity index (χ0n) is 16.6. The summed E-state index contributed by atoms with van der Waals surface area (Å²) in [7, 11) is -2.71. The van der Waals surface area contributed by atoms with E-state index in [0.717, 1.165) is 0 Å². The molecule has 1 amide bonds. The fourth-order valence-electron chi connectivity index (χ4n) is 2.87. The first-order valence-corrected chi connectivity index (χ1v) is 11.1. The number of hydrogen-bond acceptors (Lipinski definition) is 10. The lowest BCUT2D eigenvalue weighted by Gasteiger charge is -2.23. The lowest BCUT2D eigenvalue weighted by molar-refractivity contribution is -0.114. The van der Waals surface area contributed by atoms with Crippen molar-refractivity contribution < 1.29 is 37.2 Å². The van der Waals surface area contributed by atoms with Crippen LogP contribution in [0.1, 0.15) is 19.6 Å². The molecule has 0 bridgehead atoms. The Bertz CT molecular complexity index is 892. The van der Waals surface area contributed by atoms with E-state index in [4.69, 9.17) is 23.7 Å². The number of nitriles is 1. The van der Waals surface area contributed by atoms with Gasteiger partial charge in [-0.3, -0.25) is 18.4 Å². The second kappa shape index (κ2) is 10.9. The van der Waals surface area contributed by atoms with Crippen LogP contribution < -0.4 is 11.0 Å². The number of aromatic nitrogens is 2. The van der Waals surface area contributed by atoms with Gasteiger partial charge in [-0.2, -0.15) is 10.2 Å². The quantitative estimate of drug-likeness (QED) is 0.244. The second-order valence-corrected chi connectivity index (χ2v) is 8.08. The van der Waals surface area contributed by atoms with Gasteiger partial charge in [0.15, 0.2) is 6.23 Å². The maximum atomic E-state index is 12.4. The van der Waals surface area contributed by atoms with Crippen molar-refractivity contribution in [1.82, 2.24) is 9.55 Å². The van der Waals surface area contributed by atoms with E-state index >= 15 is 0 Å². The molecule has 1 aliphatic rings. The van der Waals surface area contributed by atoms with Crippen molar-refractivity contribution in [3.05, 3.63) is 22.7 Å². The smallest absolute Gasteiger partial charge is 0.418 e. The fourth-order valence-corrected chi connectivity index (χ4v) is 4.10. The molecular weight excluding hydrogens is 439 g/mol. The Hall–Kier alpha value is -1.95. The van der Waals surface area contributed by atoms with Crippen LogP contribution in [0.25, 0.3) is 0 Å². The van der Waals surface area contributed by atoms with E-state index in [9.17, 15) is 19.0 Å². The minimum atomic E-state index is -4.40. The standard InChI is InChI=1S/C15H23N4O9PSi/c1-9(20)17-11-4-6-19(15(21)18-11)14-13(28-30)12(24-2)10(27-14)8-26-29(22,23)25-7-3-5-16/h4,6,10,12-14H,3,7-8H2,1-2,30H3,(H,22,23)(H,17,18,20,21)/t10-,12?,13+,14-/m1/s1. The maximum absolute atomic E-state index is 12.4. The van der Waals surface area contributed by atoms with Gasteiger partial charge in [0.2, 0.25) is 5.91 Å². The number of anilines is 1. The van der Waals surface area contributed by atoms with Gasteiger partial charge in [-0.1, -0.05) is 0 Å². The number of methoxy groups -OCH3 is 1. The van der Waals surface area contributed by atoms with E-state index < -0.39 is 38.1 Å². The van der Waals surface area contributed by atoms with Crippen molar-refractivity contribution in [1.29, 1.82) is 5.26 Å². The number of carbonyl (C=O) groups is 1. The number of phosphoric acid groups is 1. The summed E-state index contributed by atoms with van der Waals surface area (Å²) in [5.74, 6) is -0.288. The molecule has 15 heteroatoms. The first-order valence-electron chi connectivity index (χ1n) is 8.79. The Labute approximate surface area is 175 Å². The predicted octanol–water partition coefficient (Wildman–Crippen LogP) is -1.17. The zero-order chi connectivity index (χ0) is 22.3. The van der Waals surface area contributed by atoms with Gasteiger partial charge in [0.25, 0.3) is 0 Å². The van der Waals surface area contributed by atoms with E-state index in [0.29, 0.717) is 10.5 Å². The molecule has 13 nitrogen and oxygen atoms in total. The molecule has 0 aliphatic carbocycles. The molecule has 30 heavy (non-hydrogen) atoms. The summed E-state index contributed by atoms with van der Waals surface area (Å²) in [4.78, 5) is 37.0. The molecule has 2 rings (SSSR count). The molecule has 1 aliphatic heterocycles. The minimum Gasteiger partial charge on any atom is -0.418 e. The topological polar surface area (TPSA) is 171 Å². The van der Waals surface area contributed by atoms with Crippen molar-refractivity contribution in [2.24, 2.45) is 0 Å². The monoisotopic (exact) mass is 462 g/mol. The summed E-state index contributed by atoms with van der Waals surface area (Å²) in [6.07, 6.45) is -1.91. The third kappa shape index (κ3) is 6.27. The molecule has 0 radical (unpaired) electrons. The molecule has 2 unspecified atom stereocenters. The third-order valence-electron chi connectivity index (χ3n) is 4.11. The molecule has 0 aromatic carbocycles. The summed E-state index contributed by atoms with van der Waals surface area (Å²) in [5.41, 5.74) is -0.695. The first kappa shape index (κ1) is 24.3. The van der Waals surface area contributed by atoms with Crippen LogP contribution in [0.15, 0.2) is 17.1 Å². The van der Waals surface area contributed by atoms with Gasteiger partial charge >= 0.3 is 13.5 Å². The third-order valence-corrected chi connectivity index (χ3v) is 5.64. The van der Waals surface area contributed by atoms with Crippen LogP contribution in [-0.4, -0.2) is 69.5 Å². The molecule has 0 saturated carbocycles. The Morgan fingerprint density at radius 3 is 2.80 bits per heavy atom. The summed E-state index contributed by atoms with van der Waals surface area (Å²) in [6.45, 7) is 0.638. The lowest BCUT2D eigenvalue weighted by Crippen LogP contribution is -2.39. The second-order valence-electron chi connectivity index (χ2n) is 6.16. The number of nitrogens with zero attached hydrogens (tertiary/aromatic N) is 3. The van der Waals surface area contributed by atoms with Crippen LogP contribution >= 0.6 is 7.82 Å². The van der Waals surface area contributed by atoms with E-state index in [1.165, 1.54) is 30.9 Å². The molecule has 1 aromatic rings. The van der Waals surface area contributed by atoms with E-state index in [1.54, 1.807) is 6.07 Å². The number of carbonyl (C=O) groups excluding carboxylic acids is 1. The average molecular weight is 462 g/mol. The number of ether oxygens (including phenoxy) is 2. The van der Waals surface area contributed by atoms with Crippen molar-refractivity contribution in [3.63, 3.8) is 0 Å². The highest BCUT2D eigenvalue weighted by Gasteiger charge is 2.47. The highest BCUT2D eigenvalue weighted by atomic mass is 31.2. The van der Waals surface area contributed by atoms with Crippen LogP contribution in [-0.2, 0) is 32.3 Å². The summed E-state index contributed by atoms with van der Waals surface area (Å²) >= 11 is 0. The maximum Gasteiger partial charge on any atom is 0.472 e. The first-order chi connectivity index (χ1) is 14.2. The van der Waals surface area contributed by atoms with Gasteiger partial charge in [-0.05, 0) is 6.07 Å². The average Bonchev–Trinajstić information content (AvgIpc) is 3.03. The Morgan fingerprint density at radius 1 is 1.50 bits per heavy atom. The predicted molar refractivity (Wildman–Crippen MR) is 104 cm³/mol. The number of amides is 1. The van der Waals surface area contributed by atoms with Gasteiger partial charge in [0.1, 0.15) is 34.6 Å².